The van der Waals surface area contributed by atoms with Gasteiger partial charge in [0, 0.05) is 31.2 Å². The summed E-state index contributed by atoms with van der Waals surface area (Å²) in [5.41, 5.74) is 1.16. The third kappa shape index (κ3) is 3.58. The van der Waals surface area contributed by atoms with Crippen LogP contribution in [0, 0.1) is 5.92 Å². The smallest absolute Gasteiger partial charge is 0.226 e. The number of rotatable bonds is 3. The number of piperidine rings is 1. The second kappa shape index (κ2) is 6.80. The lowest BCUT2D eigenvalue weighted by Gasteiger charge is -2.34. The maximum absolute atomic E-state index is 12.5. The molecule has 4 heteroatoms. The minimum absolute atomic E-state index is 0.180. The van der Waals surface area contributed by atoms with E-state index in [1.165, 1.54) is 12.8 Å². The highest BCUT2D eigenvalue weighted by molar-refractivity contribution is 6.31. The lowest BCUT2D eigenvalue weighted by molar-refractivity contribution is -0.136. The van der Waals surface area contributed by atoms with Crippen molar-refractivity contribution in [3.05, 3.63) is 34.9 Å². The second-order valence-corrected chi connectivity index (χ2v) is 6.61. The molecule has 0 spiro atoms. The minimum Gasteiger partial charge on any atom is -0.342 e. The Labute approximate surface area is 131 Å². The number of amides is 1. The molecule has 2 heterocycles. The van der Waals surface area contributed by atoms with Gasteiger partial charge in [0.05, 0.1) is 5.92 Å². The van der Waals surface area contributed by atoms with Crippen LogP contribution < -0.4 is 0 Å². The van der Waals surface area contributed by atoms with Gasteiger partial charge < -0.3 is 4.90 Å². The Morgan fingerprint density at radius 2 is 1.90 bits per heavy atom. The van der Waals surface area contributed by atoms with Crippen molar-refractivity contribution >= 4 is 17.5 Å². The summed E-state index contributed by atoms with van der Waals surface area (Å²) in [5.74, 6) is 0.552. The number of halogens is 1. The Hall–Kier alpha value is -1.06. The zero-order valence-electron chi connectivity index (χ0n) is 12.4. The van der Waals surface area contributed by atoms with Crippen molar-refractivity contribution in [3.63, 3.8) is 0 Å². The van der Waals surface area contributed by atoms with E-state index in [4.69, 9.17) is 11.6 Å². The van der Waals surface area contributed by atoms with Crippen molar-refractivity contribution in [2.75, 3.05) is 26.2 Å². The van der Waals surface area contributed by atoms with Gasteiger partial charge >= 0.3 is 0 Å². The highest BCUT2D eigenvalue weighted by atomic mass is 35.5. The van der Waals surface area contributed by atoms with Crippen LogP contribution >= 0.6 is 11.6 Å². The van der Waals surface area contributed by atoms with Crippen LogP contribution in [0.1, 0.15) is 31.2 Å². The molecule has 0 saturated carbocycles. The molecule has 1 unspecified atom stereocenters. The highest BCUT2D eigenvalue weighted by Crippen LogP contribution is 2.24. The quantitative estimate of drug-likeness (QED) is 0.856. The van der Waals surface area contributed by atoms with Crippen LogP contribution in [0.5, 0.6) is 0 Å². The third-order valence-electron chi connectivity index (χ3n) is 4.62. The van der Waals surface area contributed by atoms with E-state index in [0.717, 1.165) is 56.2 Å². The minimum atomic E-state index is 0.180. The first-order chi connectivity index (χ1) is 10.2. The van der Waals surface area contributed by atoms with Crippen molar-refractivity contribution in [2.45, 2.75) is 32.2 Å². The van der Waals surface area contributed by atoms with Crippen LogP contribution in [0.4, 0.5) is 0 Å². The van der Waals surface area contributed by atoms with E-state index in [-0.39, 0.29) is 5.92 Å². The fraction of sp³-hybridized carbons (Fsp3) is 0.588. The van der Waals surface area contributed by atoms with Gasteiger partial charge in [0.25, 0.3) is 0 Å². The SMILES string of the molecule is O=C(C1CCCN(Cc2ccccc2Cl)C1)N1CCCC1. The lowest BCUT2D eigenvalue weighted by atomic mass is 9.96. The number of likely N-dealkylation sites (tertiary alicyclic amines) is 2. The Kier molecular flexibility index (Phi) is 4.81. The monoisotopic (exact) mass is 306 g/mol. The molecule has 2 aliphatic heterocycles. The van der Waals surface area contributed by atoms with Gasteiger partial charge in [-0.25, -0.2) is 0 Å². The third-order valence-corrected chi connectivity index (χ3v) is 4.99. The number of carbonyl (C=O) groups is 1. The predicted octanol–water partition coefficient (Wildman–Crippen LogP) is 3.17. The van der Waals surface area contributed by atoms with Crippen molar-refractivity contribution in [1.29, 1.82) is 0 Å². The summed E-state index contributed by atoms with van der Waals surface area (Å²) in [4.78, 5) is 17.0. The molecule has 0 aromatic heterocycles. The van der Waals surface area contributed by atoms with Gasteiger partial charge in [-0.1, -0.05) is 29.8 Å². The first kappa shape index (κ1) is 14.9. The number of hydrogen-bond donors (Lipinski definition) is 0. The van der Waals surface area contributed by atoms with Gasteiger partial charge in [0.2, 0.25) is 5.91 Å². The van der Waals surface area contributed by atoms with Gasteiger partial charge in [-0.05, 0) is 43.9 Å². The van der Waals surface area contributed by atoms with Crippen LogP contribution in [-0.2, 0) is 11.3 Å². The molecule has 0 radical (unpaired) electrons. The van der Waals surface area contributed by atoms with E-state index in [9.17, 15) is 4.79 Å². The van der Waals surface area contributed by atoms with Gasteiger partial charge in [-0.2, -0.15) is 0 Å². The molecule has 3 rings (SSSR count). The summed E-state index contributed by atoms with van der Waals surface area (Å²) in [7, 11) is 0. The second-order valence-electron chi connectivity index (χ2n) is 6.20. The van der Waals surface area contributed by atoms with Crippen molar-refractivity contribution < 1.29 is 4.79 Å². The average molecular weight is 307 g/mol. The number of benzene rings is 1. The van der Waals surface area contributed by atoms with Crippen LogP contribution in [0.3, 0.4) is 0 Å². The van der Waals surface area contributed by atoms with Crippen molar-refractivity contribution in [1.82, 2.24) is 9.80 Å². The molecule has 1 aromatic carbocycles. The largest absolute Gasteiger partial charge is 0.342 e. The topological polar surface area (TPSA) is 23.6 Å². The molecule has 2 aliphatic rings. The highest BCUT2D eigenvalue weighted by Gasteiger charge is 2.30. The fourth-order valence-corrected chi connectivity index (χ4v) is 3.66. The Balaban J connectivity index is 1.60. The first-order valence-electron chi connectivity index (χ1n) is 7.98. The zero-order chi connectivity index (χ0) is 14.7. The fourth-order valence-electron chi connectivity index (χ4n) is 3.46. The molecule has 2 fully saturated rings. The number of nitrogens with zero attached hydrogens (tertiary/aromatic N) is 2. The lowest BCUT2D eigenvalue weighted by Crippen LogP contribution is -2.43. The van der Waals surface area contributed by atoms with Crippen molar-refractivity contribution in [3.8, 4) is 0 Å². The molecular formula is C17H23ClN2O. The number of hydrogen-bond acceptors (Lipinski definition) is 2. The van der Waals surface area contributed by atoms with Crippen LogP contribution in [0.2, 0.25) is 5.02 Å². The molecule has 21 heavy (non-hydrogen) atoms. The Bertz CT molecular complexity index is 499. The first-order valence-corrected chi connectivity index (χ1v) is 8.36. The van der Waals surface area contributed by atoms with Crippen LogP contribution in [0.25, 0.3) is 0 Å². The molecule has 1 atom stereocenters. The molecule has 3 nitrogen and oxygen atoms in total. The zero-order valence-corrected chi connectivity index (χ0v) is 13.2. The molecule has 2 saturated heterocycles. The molecule has 1 amide bonds. The standard InChI is InChI=1S/C17H23ClN2O/c18-16-8-2-1-6-14(16)12-19-9-5-7-15(13-19)17(21)20-10-3-4-11-20/h1-2,6,8,15H,3-5,7,9-13H2. The summed E-state index contributed by atoms with van der Waals surface area (Å²) in [6.45, 7) is 4.71. The molecule has 0 bridgehead atoms. The molecule has 1 aromatic rings. The maximum Gasteiger partial charge on any atom is 0.226 e. The van der Waals surface area contributed by atoms with E-state index in [1.807, 2.05) is 18.2 Å². The van der Waals surface area contributed by atoms with E-state index in [0.29, 0.717) is 5.91 Å². The van der Waals surface area contributed by atoms with E-state index < -0.39 is 0 Å². The summed E-state index contributed by atoms with van der Waals surface area (Å²) < 4.78 is 0. The normalized spacial score (nSPS) is 23.5. The van der Waals surface area contributed by atoms with Gasteiger partial charge in [-0.15, -0.1) is 0 Å². The van der Waals surface area contributed by atoms with E-state index in [2.05, 4.69) is 15.9 Å². The van der Waals surface area contributed by atoms with Crippen LogP contribution in [-0.4, -0.2) is 41.9 Å². The van der Waals surface area contributed by atoms with E-state index >= 15 is 0 Å². The van der Waals surface area contributed by atoms with Gasteiger partial charge in [0.15, 0.2) is 0 Å². The summed E-state index contributed by atoms with van der Waals surface area (Å²) in [6.07, 6.45) is 4.48. The van der Waals surface area contributed by atoms with E-state index in [1.54, 1.807) is 0 Å². The Morgan fingerprint density at radius 3 is 2.67 bits per heavy atom. The van der Waals surface area contributed by atoms with Gasteiger partial charge in [-0.3, -0.25) is 9.69 Å². The summed E-state index contributed by atoms with van der Waals surface area (Å²) in [6, 6.07) is 8.00. The average Bonchev–Trinajstić information content (AvgIpc) is 3.03. The van der Waals surface area contributed by atoms with Gasteiger partial charge in [0.1, 0.15) is 0 Å². The Morgan fingerprint density at radius 1 is 1.14 bits per heavy atom. The number of carbonyl (C=O) groups excluding carboxylic acids is 1. The molecular weight excluding hydrogens is 284 g/mol. The predicted molar refractivity (Wildman–Crippen MR) is 85.3 cm³/mol. The summed E-state index contributed by atoms with van der Waals surface area (Å²) >= 11 is 6.24. The maximum atomic E-state index is 12.5. The molecule has 0 N–H and O–H groups in total. The molecule has 0 aliphatic carbocycles. The molecule has 114 valence electrons. The van der Waals surface area contributed by atoms with Crippen molar-refractivity contribution in [2.24, 2.45) is 5.92 Å². The van der Waals surface area contributed by atoms with Crippen LogP contribution in [0.15, 0.2) is 24.3 Å². The summed E-state index contributed by atoms with van der Waals surface area (Å²) in [5, 5.41) is 0.825.